The molecule has 0 radical (unpaired) electrons. The molecule has 2 aromatic carbocycles. The first-order valence-electron chi connectivity index (χ1n) is 8.67. The highest BCUT2D eigenvalue weighted by molar-refractivity contribution is 5.84. The number of fused-ring (bicyclic) bond motifs is 1. The van der Waals surface area contributed by atoms with Gasteiger partial charge < -0.3 is 0 Å². The highest BCUT2D eigenvalue weighted by atomic mass is 19.1. The molecule has 0 unspecified atom stereocenters. The van der Waals surface area contributed by atoms with E-state index in [0.717, 1.165) is 10.2 Å². The zero-order valence-electron chi connectivity index (χ0n) is 14.7. The van der Waals surface area contributed by atoms with E-state index in [0.29, 0.717) is 17.8 Å². The van der Waals surface area contributed by atoms with Crippen LogP contribution >= 0.6 is 0 Å². The zero-order valence-corrected chi connectivity index (χ0v) is 14.7. The Morgan fingerprint density at radius 3 is 2.57 bits per heavy atom. The van der Waals surface area contributed by atoms with Crippen LogP contribution in [0.4, 0.5) is 4.39 Å². The largest absolute Gasteiger partial charge is 0.283 e. The molecule has 1 amide bonds. The Balaban J connectivity index is 1.54. The summed E-state index contributed by atoms with van der Waals surface area (Å²) in [6.45, 7) is 0. The van der Waals surface area contributed by atoms with Crippen LogP contribution in [0.2, 0.25) is 0 Å². The number of halogens is 1. The van der Waals surface area contributed by atoms with Gasteiger partial charge in [0.1, 0.15) is 17.5 Å². The summed E-state index contributed by atoms with van der Waals surface area (Å²) >= 11 is 0. The van der Waals surface area contributed by atoms with Gasteiger partial charge in [-0.15, -0.1) is 0 Å². The molecule has 4 aromatic rings. The third-order valence-corrected chi connectivity index (χ3v) is 4.29. The smallest absolute Gasteiger partial charge is 0.273 e. The highest BCUT2D eigenvalue weighted by Gasteiger charge is 2.13. The van der Waals surface area contributed by atoms with Crippen molar-refractivity contribution in [2.24, 2.45) is 0 Å². The van der Waals surface area contributed by atoms with Crippen LogP contribution in [-0.2, 0) is 11.2 Å². The van der Waals surface area contributed by atoms with E-state index in [1.807, 2.05) is 30.3 Å². The van der Waals surface area contributed by atoms with Gasteiger partial charge in [-0.2, -0.15) is 5.10 Å². The van der Waals surface area contributed by atoms with Gasteiger partial charge in [-0.05, 0) is 36.2 Å². The number of rotatable bonds is 5. The number of carbonyl (C=O) groups excluding carboxylic acids is 1. The number of nitrogens with zero attached hydrogens (tertiary/aromatic N) is 4. The van der Waals surface area contributed by atoms with Crippen LogP contribution in [0.25, 0.3) is 16.7 Å². The van der Waals surface area contributed by atoms with Gasteiger partial charge in [-0.1, -0.05) is 30.3 Å². The van der Waals surface area contributed by atoms with Crippen molar-refractivity contribution in [3.05, 3.63) is 88.9 Å². The Hall–Kier alpha value is -3.81. The number of nitrogens with one attached hydrogen (secondary N) is 1. The fourth-order valence-corrected chi connectivity index (χ4v) is 2.86. The van der Waals surface area contributed by atoms with Crippen LogP contribution < -0.4 is 11.0 Å². The molecule has 140 valence electrons. The maximum Gasteiger partial charge on any atom is 0.283 e. The van der Waals surface area contributed by atoms with Gasteiger partial charge in [-0.3, -0.25) is 15.0 Å². The molecule has 4 rings (SSSR count). The molecular formula is C20H16FN5O2. The lowest BCUT2D eigenvalue weighted by Crippen LogP contribution is -2.33. The van der Waals surface area contributed by atoms with E-state index in [2.05, 4.69) is 15.5 Å². The Labute approximate surface area is 159 Å². The molecule has 2 heterocycles. The summed E-state index contributed by atoms with van der Waals surface area (Å²) in [6, 6.07) is 15.3. The molecule has 0 aliphatic heterocycles. The Morgan fingerprint density at radius 2 is 1.82 bits per heavy atom. The van der Waals surface area contributed by atoms with E-state index >= 15 is 0 Å². The number of hydrogen-bond acceptors (Lipinski definition) is 4. The van der Waals surface area contributed by atoms with Crippen molar-refractivity contribution >= 4 is 16.9 Å². The molecule has 0 spiro atoms. The number of aryl methyl sites for hydroxylation is 1. The van der Waals surface area contributed by atoms with Crippen LogP contribution in [0.15, 0.2) is 71.9 Å². The lowest BCUT2D eigenvalue weighted by molar-refractivity contribution is -0.117. The number of hydrogen-bond donors (Lipinski definition) is 1. The summed E-state index contributed by atoms with van der Waals surface area (Å²) in [6.07, 6.45) is 3.43. The first-order valence-corrected chi connectivity index (χ1v) is 8.67. The molecule has 0 aliphatic rings. The summed E-state index contributed by atoms with van der Waals surface area (Å²) in [5.41, 5.74) is 4.05. The minimum absolute atomic E-state index is 0.239. The summed E-state index contributed by atoms with van der Waals surface area (Å²) in [7, 11) is 0. The quantitative estimate of drug-likeness (QED) is 0.579. The molecule has 0 aliphatic carbocycles. The van der Waals surface area contributed by atoms with Crippen molar-refractivity contribution in [3.8, 4) is 5.69 Å². The molecular weight excluding hydrogens is 361 g/mol. The molecule has 0 fully saturated rings. The van der Waals surface area contributed by atoms with Crippen molar-refractivity contribution in [2.75, 3.05) is 5.43 Å². The fraction of sp³-hybridized carbons (Fsp3) is 0.100. The van der Waals surface area contributed by atoms with Crippen molar-refractivity contribution < 1.29 is 9.18 Å². The average molecular weight is 377 g/mol. The predicted molar refractivity (Wildman–Crippen MR) is 102 cm³/mol. The molecule has 8 heteroatoms. The monoisotopic (exact) mass is 377 g/mol. The van der Waals surface area contributed by atoms with E-state index < -0.39 is 5.56 Å². The number of carbonyl (C=O) groups is 1. The van der Waals surface area contributed by atoms with Gasteiger partial charge in [0.05, 0.1) is 11.9 Å². The third kappa shape index (κ3) is 3.52. The normalized spacial score (nSPS) is 10.9. The van der Waals surface area contributed by atoms with E-state index in [-0.39, 0.29) is 23.5 Å². The Kier molecular flexibility index (Phi) is 4.67. The standard InChI is InChI=1S/C20H16FN5O2/c21-15-7-9-16(10-8-15)26-19-17(12-23-26)20(28)25(13-22-19)24-18(27)11-6-14-4-2-1-3-5-14/h1-5,7-10,12-13H,6,11H2,(H,24,27). The van der Waals surface area contributed by atoms with Gasteiger partial charge in [0.2, 0.25) is 5.91 Å². The summed E-state index contributed by atoms with van der Waals surface area (Å²) in [4.78, 5) is 29.0. The topological polar surface area (TPSA) is 81.8 Å². The maximum absolute atomic E-state index is 13.1. The first-order chi connectivity index (χ1) is 13.6. The third-order valence-electron chi connectivity index (χ3n) is 4.29. The van der Waals surface area contributed by atoms with Gasteiger partial charge in [0.25, 0.3) is 5.56 Å². The van der Waals surface area contributed by atoms with Crippen molar-refractivity contribution in [3.63, 3.8) is 0 Å². The number of amides is 1. The van der Waals surface area contributed by atoms with Crippen LogP contribution in [0, 0.1) is 5.82 Å². The maximum atomic E-state index is 13.1. The second-order valence-corrected chi connectivity index (χ2v) is 6.21. The van der Waals surface area contributed by atoms with Crippen molar-refractivity contribution in [2.45, 2.75) is 12.8 Å². The first kappa shape index (κ1) is 17.6. The second-order valence-electron chi connectivity index (χ2n) is 6.21. The molecule has 0 saturated heterocycles. The van der Waals surface area contributed by atoms with E-state index in [1.165, 1.54) is 29.3 Å². The number of benzene rings is 2. The van der Waals surface area contributed by atoms with Crippen LogP contribution in [0.3, 0.4) is 0 Å². The lowest BCUT2D eigenvalue weighted by atomic mass is 10.1. The SMILES string of the molecule is O=C(CCc1ccccc1)Nn1cnc2c(cnn2-c2ccc(F)cc2)c1=O. The molecule has 2 aromatic heterocycles. The van der Waals surface area contributed by atoms with Crippen molar-refractivity contribution in [1.29, 1.82) is 0 Å². The summed E-state index contributed by atoms with van der Waals surface area (Å²) in [5.74, 6) is -0.660. The molecule has 0 bridgehead atoms. The van der Waals surface area contributed by atoms with Crippen LogP contribution in [0.5, 0.6) is 0 Å². The molecule has 1 N–H and O–H groups in total. The van der Waals surface area contributed by atoms with Crippen LogP contribution in [0.1, 0.15) is 12.0 Å². The van der Waals surface area contributed by atoms with Gasteiger partial charge in [-0.25, -0.2) is 18.7 Å². The Morgan fingerprint density at radius 1 is 1.07 bits per heavy atom. The van der Waals surface area contributed by atoms with E-state index in [9.17, 15) is 14.0 Å². The number of aromatic nitrogens is 4. The molecule has 0 saturated carbocycles. The van der Waals surface area contributed by atoms with Crippen molar-refractivity contribution in [1.82, 2.24) is 19.4 Å². The van der Waals surface area contributed by atoms with Crippen LogP contribution in [-0.4, -0.2) is 25.3 Å². The zero-order chi connectivity index (χ0) is 19.5. The fourth-order valence-electron chi connectivity index (χ4n) is 2.86. The minimum Gasteiger partial charge on any atom is -0.273 e. The average Bonchev–Trinajstić information content (AvgIpc) is 3.15. The Bertz CT molecular complexity index is 1180. The highest BCUT2D eigenvalue weighted by Crippen LogP contribution is 2.14. The van der Waals surface area contributed by atoms with E-state index in [1.54, 1.807) is 12.1 Å². The minimum atomic E-state index is -0.438. The van der Waals surface area contributed by atoms with Gasteiger partial charge >= 0.3 is 0 Å². The van der Waals surface area contributed by atoms with Gasteiger partial charge in [0.15, 0.2) is 5.65 Å². The van der Waals surface area contributed by atoms with Gasteiger partial charge in [0, 0.05) is 6.42 Å². The molecule has 0 atom stereocenters. The lowest BCUT2D eigenvalue weighted by Gasteiger charge is -2.08. The second kappa shape index (κ2) is 7.43. The summed E-state index contributed by atoms with van der Waals surface area (Å²) in [5, 5.41) is 4.40. The summed E-state index contributed by atoms with van der Waals surface area (Å²) < 4.78 is 15.6. The molecule has 28 heavy (non-hydrogen) atoms. The van der Waals surface area contributed by atoms with E-state index in [4.69, 9.17) is 0 Å². The predicted octanol–water partition coefficient (Wildman–Crippen LogP) is 2.42. The molecule has 7 nitrogen and oxygen atoms in total.